The summed E-state index contributed by atoms with van der Waals surface area (Å²) >= 11 is 5.88. The molecule has 1 amide bonds. The Hall–Kier alpha value is -1.65. The van der Waals surface area contributed by atoms with Crippen molar-refractivity contribution in [3.63, 3.8) is 0 Å². The van der Waals surface area contributed by atoms with E-state index >= 15 is 0 Å². The van der Waals surface area contributed by atoms with E-state index in [4.69, 9.17) is 17.3 Å². The lowest BCUT2D eigenvalue weighted by Gasteiger charge is -2.09. The first-order chi connectivity index (χ1) is 9.56. The molecule has 0 heterocycles. The molecule has 2 aromatic rings. The molecule has 3 nitrogen and oxygen atoms in total. The summed E-state index contributed by atoms with van der Waals surface area (Å²) in [7, 11) is -1.29. The van der Waals surface area contributed by atoms with E-state index in [1.807, 2.05) is 48.5 Å². The highest BCUT2D eigenvalue weighted by molar-refractivity contribution is 7.84. The number of carbonyl (C=O) groups is 1. The average Bonchev–Trinajstić information content (AvgIpc) is 2.39. The van der Waals surface area contributed by atoms with Crippen LogP contribution in [0.15, 0.2) is 48.5 Å². The van der Waals surface area contributed by atoms with Crippen LogP contribution in [0.1, 0.15) is 5.56 Å². The van der Waals surface area contributed by atoms with E-state index in [1.165, 1.54) is 0 Å². The van der Waals surface area contributed by atoms with Crippen molar-refractivity contribution in [1.82, 2.24) is 0 Å². The van der Waals surface area contributed by atoms with Crippen molar-refractivity contribution in [1.29, 1.82) is 0 Å². The minimum atomic E-state index is -1.29. The second-order valence-corrected chi connectivity index (χ2v) is 6.25. The third kappa shape index (κ3) is 3.92. The third-order valence-electron chi connectivity index (χ3n) is 2.79. The first kappa shape index (κ1) is 14.8. The van der Waals surface area contributed by atoms with Crippen LogP contribution in [0.25, 0.3) is 11.1 Å². The molecule has 0 radical (unpaired) electrons. The van der Waals surface area contributed by atoms with Crippen LogP contribution in [0.5, 0.6) is 0 Å². The molecule has 0 spiro atoms. The lowest BCUT2D eigenvalue weighted by atomic mass is 10.0. The fourth-order valence-electron chi connectivity index (χ4n) is 1.94. The maximum absolute atomic E-state index is 11.8. The van der Waals surface area contributed by atoms with Crippen LogP contribution in [0.3, 0.4) is 0 Å². The Kier molecular flexibility index (Phi) is 4.93. The second-order valence-electron chi connectivity index (χ2n) is 4.36. The van der Waals surface area contributed by atoms with E-state index in [0.717, 1.165) is 16.7 Å². The summed E-state index contributed by atoms with van der Waals surface area (Å²) in [4.78, 5) is 10.8. The number of nitrogens with two attached hydrogens (primary N) is 1. The Balaban J connectivity index is 2.28. The smallest absolute Gasteiger partial charge is 0.230 e. The third-order valence-corrected chi connectivity index (χ3v) is 4.28. The Bertz CT molecular complexity index is 641. The predicted molar refractivity (Wildman–Crippen MR) is 82.8 cm³/mol. The molecule has 0 unspecified atom stereocenters. The van der Waals surface area contributed by atoms with Gasteiger partial charge in [0.1, 0.15) is 5.75 Å². The highest BCUT2D eigenvalue weighted by Crippen LogP contribution is 2.26. The molecule has 5 heteroatoms. The largest absolute Gasteiger partial charge is 0.369 e. The van der Waals surface area contributed by atoms with E-state index in [0.29, 0.717) is 10.8 Å². The molecule has 0 saturated heterocycles. The van der Waals surface area contributed by atoms with Gasteiger partial charge in [-0.05, 0) is 28.8 Å². The molecule has 104 valence electrons. The Morgan fingerprint density at radius 1 is 1.10 bits per heavy atom. The van der Waals surface area contributed by atoms with Crippen molar-refractivity contribution in [2.24, 2.45) is 5.73 Å². The molecule has 0 aliphatic carbocycles. The van der Waals surface area contributed by atoms with E-state index < -0.39 is 16.7 Å². The van der Waals surface area contributed by atoms with Crippen LogP contribution >= 0.6 is 11.6 Å². The zero-order valence-electron chi connectivity index (χ0n) is 10.7. The normalized spacial score (nSPS) is 12.1. The van der Waals surface area contributed by atoms with Gasteiger partial charge in [0, 0.05) is 21.6 Å². The van der Waals surface area contributed by atoms with Crippen molar-refractivity contribution in [2.75, 3.05) is 5.75 Å². The summed E-state index contributed by atoms with van der Waals surface area (Å²) in [6, 6.07) is 15.1. The molecule has 2 aromatic carbocycles. The van der Waals surface area contributed by atoms with Gasteiger partial charge in [0.15, 0.2) is 0 Å². The van der Waals surface area contributed by atoms with E-state index in [-0.39, 0.29) is 5.75 Å². The van der Waals surface area contributed by atoms with Crippen LogP contribution in [0, 0.1) is 0 Å². The Morgan fingerprint density at radius 2 is 1.75 bits per heavy atom. The maximum Gasteiger partial charge on any atom is 0.230 e. The molecule has 0 aliphatic heterocycles. The summed E-state index contributed by atoms with van der Waals surface area (Å²) in [5.41, 5.74) is 7.98. The lowest BCUT2D eigenvalue weighted by molar-refractivity contribution is -0.115. The number of hydrogen-bond donors (Lipinski definition) is 1. The summed E-state index contributed by atoms with van der Waals surface area (Å²) in [5, 5.41) is 0.670. The number of carbonyl (C=O) groups excluding carboxylic acids is 1. The number of amides is 1. The molecule has 1 atom stereocenters. The highest BCUT2D eigenvalue weighted by Gasteiger charge is 2.10. The van der Waals surface area contributed by atoms with E-state index in [2.05, 4.69) is 0 Å². The lowest BCUT2D eigenvalue weighted by Crippen LogP contribution is -2.20. The molecule has 0 fully saturated rings. The highest BCUT2D eigenvalue weighted by atomic mass is 35.5. The van der Waals surface area contributed by atoms with Crippen molar-refractivity contribution >= 4 is 28.3 Å². The quantitative estimate of drug-likeness (QED) is 0.923. The molecule has 0 aromatic heterocycles. The van der Waals surface area contributed by atoms with E-state index in [1.54, 1.807) is 0 Å². The number of halogens is 1. The summed E-state index contributed by atoms with van der Waals surface area (Å²) in [6.07, 6.45) is 0. The van der Waals surface area contributed by atoms with Gasteiger partial charge in [0.05, 0.1) is 0 Å². The zero-order valence-corrected chi connectivity index (χ0v) is 12.3. The van der Waals surface area contributed by atoms with Gasteiger partial charge >= 0.3 is 0 Å². The molecule has 0 bridgehead atoms. The van der Waals surface area contributed by atoms with Gasteiger partial charge in [-0.15, -0.1) is 0 Å². The fourth-order valence-corrected chi connectivity index (χ4v) is 3.08. The van der Waals surface area contributed by atoms with Crippen LogP contribution in [-0.4, -0.2) is 15.9 Å². The van der Waals surface area contributed by atoms with Crippen molar-refractivity contribution in [2.45, 2.75) is 5.75 Å². The fraction of sp³-hybridized carbons (Fsp3) is 0.133. The molecule has 0 aliphatic rings. The van der Waals surface area contributed by atoms with Gasteiger partial charge in [0.25, 0.3) is 0 Å². The molecular weight excluding hydrogens is 294 g/mol. The van der Waals surface area contributed by atoms with Gasteiger partial charge in [-0.1, -0.05) is 48.0 Å². The number of rotatable bonds is 5. The topological polar surface area (TPSA) is 60.2 Å². The second kappa shape index (κ2) is 6.68. The van der Waals surface area contributed by atoms with E-state index in [9.17, 15) is 9.00 Å². The Labute approximate surface area is 125 Å². The first-order valence-corrected chi connectivity index (χ1v) is 7.90. The van der Waals surface area contributed by atoms with Crippen LogP contribution in [-0.2, 0) is 21.3 Å². The summed E-state index contributed by atoms with van der Waals surface area (Å²) in [6.45, 7) is 0. The number of primary amides is 1. The molecule has 2 N–H and O–H groups in total. The predicted octanol–water partition coefficient (Wildman–Crippen LogP) is 2.74. The Morgan fingerprint density at radius 3 is 2.40 bits per heavy atom. The van der Waals surface area contributed by atoms with Gasteiger partial charge in [-0.2, -0.15) is 0 Å². The van der Waals surface area contributed by atoms with Gasteiger partial charge in [-0.25, -0.2) is 0 Å². The van der Waals surface area contributed by atoms with Crippen LogP contribution in [0.4, 0.5) is 0 Å². The summed E-state index contributed by atoms with van der Waals surface area (Å²) in [5.74, 6) is -0.358. The summed E-state index contributed by atoms with van der Waals surface area (Å²) < 4.78 is 11.8. The molecular formula is C15H14ClNO2S. The van der Waals surface area contributed by atoms with Gasteiger partial charge in [-0.3, -0.25) is 9.00 Å². The number of benzene rings is 2. The average molecular weight is 308 g/mol. The maximum atomic E-state index is 11.8. The minimum Gasteiger partial charge on any atom is -0.369 e. The first-order valence-electron chi connectivity index (χ1n) is 6.03. The molecule has 0 saturated carbocycles. The molecule has 20 heavy (non-hydrogen) atoms. The van der Waals surface area contributed by atoms with Crippen molar-refractivity contribution in [3.05, 3.63) is 59.1 Å². The van der Waals surface area contributed by atoms with Gasteiger partial charge < -0.3 is 5.73 Å². The zero-order chi connectivity index (χ0) is 14.5. The van der Waals surface area contributed by atoms with Crippen LogP contribution < -0.4 is 5.73 Å². The monoisotopic (exact) mass is 307 g/mol. The SMILES string of the molecule is NC(=O)C[S@@](=O)Cc1ccccc1-c1ccc(Cl)cc1. The van der Waals surface area contributed by atoms with Crippen molar-refractivity contribution in [3.8, 4) is 11.1 Å². The van der Waals surface area contributed by atoms with Crippen LogP contribution in [0.2, 0.25) is 5.02 Å². The van der Waals surface area contributed by atoms with Crippen molar-refractivity contribution < 1.29 is 9.00 Å². The standard InChI is InChI=1S/C15H14ClNO2S/c16-13-7-5-11(6-8-13)14-4-2-1-3-12(14)9-20(19)10-15(17)18/h1-8H,9-10H2,(H2,17,18)/t20-/m0/s1. The minimum absolute atomic E-state index is 0.116. The molecule has 2 rings (SSSR count). The number of hydrogen-bond acceptors (Lipinski definition) is 2. The van der Waals surface area contributed by atoms with Gasteiger partial charge in [0.2, 0.25) is 5.91 Å².